The highest BCUT2D eigenvalue weighted by Crippen LogP contribution is 2.35. The number of nitrogens with zero attached hydrogens (tertiary/aromatic N) is 4. The smallest absolute Gasteiger partial charge is 0.178 e. The molecule has 0 N–H and O–H groups in total. The Balaban J connectivity index is 1.59. The van der Waals surface area contributed by atoms with Crippen LogP contribution in [0.1, 0.15) is 37.4 Å². The van der Waals surface area contributed by atoms with E-state index in [-0.39, 0.29) is 0 Å². The number of pyridine rings is 1. The zero-order valence-corrected chi connectivity index (χ0v) is 13.3. The summed E-state index contributed by atoms with van der Waals surface area (Å²) in [6.07, 6.45) is 8.34. The van der Waals surface area contributed by atoms with Gasteiger partial charge in [-0.1, -0.05) is 6.07 Å². The van der Waals surface area contributed by atoms with Gasteiger partial charge in [0.15, 0.2) is 5.82 Å². The SMILES string of the molecule is c1ccc(-c2nccc(C3CCCN3C3CCOCC3)n2)nc1. The summed E-state index contributed by atoms with van der Waals surface area (Å²) >= 11 is 0. The fourth-order valence-corrected chi connectivity index (χ4v) is 3.74. The first-order chi connectivity index (χ1) is 11.4. The second-order valence-corrected chi connectivity index (χ2v) is 6.26. The summed E-state index contributed by atoms with van der Waals surface area (Å²) in [5.41, 5.74) is 1.97. The first-order valence-electron chi connectivity index (χ1n) is 8.49. The molecular weight excluding hydrogens is 288 g/mol. The Kier molecular flexibility index (Phi) is 4.30. The third-order valence-corrected chi connectivity index (χ3v) is 4.87. The van der Waals surface area contributed by atoms with Crippen LogP contribution in [-0.4, -0.2) is 45.7 Å². The van der Waals surface area contributed by atoms with E-state index in [2.05, 4.69) is 20.9 Å². The average Bonchev–Trinajstić information content (AvgIpc) is 3.13. The zero-order valence-electron chi connectivity index (χ0n) is 13.3. The van der Waals surface area contributed by atoms with Crippen LogP contribution in [0.5, 0.6) is 0 Å². The first-order valence-corrected chi connectivity index (χ1v) is 8.49. The van der Waals surface area contributed by atoms with Crippen LogP contribution in [0, 0.1) is 0 Å². The average molecular weight is 310 g/mol. The van der Waals surface area contributed by atoms with E-state index < -0.39 is 0 Å². The van der Waals surface area contributed by atoms with Gasteiger partial charge in [0.2, 0.25) is 0 Å². The van der Waals surface area contributed by atoms with Gasteiger partial charge in [0, 0.05) is 31.6 Å². The van der Waals surface area contributed by atoms with E-state index in [4.69, 9.17) is 9.72 Å². The van der Waals surface area contributed by atoms with E-state index in [0.717, 1.165) is 49.8 Å². The lowest BCUT2D eigenvalue weighted by atomic mass is 10.0. The van der Waals surface area contributed by atoms with Crippen molar-refractivity contribution in [1.29, 1.82) is 0 Å². The molecule has 0 aliphatic carbocycles. The molecule has 0 bridgehead atoms. The molecule has 120 valence electrons. The summed E-state index contributed by atoms with van der Waals surface area (Å²) in [6, 6.07) is 8.95. The highest BCUT2D eigenvalue weighted by atomic mass is 16.5. The van der Waals surface area contributed by atoms with Crippen LogP contribution in [0.3, 0.4) is 0 Å². The van der Waals surface area contributed by atoms with E-state index in [1.807, 2.05) is 24.4 Å². The largest absolute Gasteiger partial charge is 0.381 e. The second kappa shape index (κ2) is 6.72. The monoisotopic (exact) mass is 310 g/mol. The van der Waals surface area contributed by atoms with Crippen molar-refractivity contribution >= 4 is 0 Å². The Morgan fingerprint density at radius 3 is 2.74 bits per heavy atom. The molecule has 2 saturated heterocycles. The number of hydrogen-bond donors (Lipinski definition) is 0. The van der Waals surface area contributed by atoms with Crippen LogP contribution >= 0.6 is 0 Å². The van der Waals surface area contributed by atoms with Crippen LogP contribution in [0.15, 0.2) is 36.7 Å². The van der Waals surface area contributed by atoms with Crippen LogP contribution < -0.4 is 0 Å². The number of hydrogen-bond acceptors (Lipinski definition) is 5. The summed E-state index contributed by atoms with van der Waals surface area (Å²) in [7, 11) is 0. The molecule has 0 amide bonds. The molecule has 0 aromatic carbocycles. The van der Waals surface area contributed by atoms with Gasteiger partial charge < -0.3 is 4.74 Å². The van der Waals surface area contributed by atoms with Crippen molar-refractivity contribution in [3.05, 3.63) is 42.4 Å². The summed E-state index contributed by atoms with van der Waals surface area (Å²) in [5, 5.41) is 0. The Morgan fingerprint density at radius 2 is 1.91 bits per heavy atom. The topological polar surface area (TPSA) is 51.1 Å². The maximum absolute atomic E-state index is 5.52. The predicted molar refractivity (Wildman–Crippen MR) is 87.8 cm³/mol. The van der Waals surface area contributed by atoms with Crippen molar-refractivity contribution in [3.63, 3.8) is 0 Å². The molecule has 5 heteroatoms. The van der Waals surface area contributed by atoms with Gasteiger partial charge in [-0.3, -0.25) is 9.88 Å². The van der Waals surface area contributed by atoms with E-state index in [9.17, 15) is 0 Å². The minimum Gasteiger partial charge on any atom is -0.381 e. The van der Waals surface area contributed by atoms with Crippen LogP contribution in [0.25, 0.3) is 11.5 Å². The number of rotatable bonds is 3. The van der Waals surface area contributed by atoms with Crippen LogP contribution in [0.4, 0.5) is 0 Å². The van der Waals surface area contributed by atoms with Crippen molar-refractivity contribution in [2.24, 2.45) is 0 Å². The van der Waals surface area contributed by atoms with Crippen LogP contribution in [-0.2, 0) is 4.74 Å². The third-order valence-electron chi connectivity index (χ3n) is 4.87. The molecule has 4 rings (SSSR count). The fourth-order valence-electron chi connectivity index (χ4n) is 3.74. The second-order valence-electron chi connectivity index (χ2n) is 6.26. The van der Waals surface area contributed by atoms with Gasteiger partial charge in [-0.05, 0) is 50.4 Å². The van der Waals surface area contributed by atoms with E-state index in [1.165, 1.54) is 12.8 Å². The van der Waals surface area contributed by atoms with Gasteiger partial charge in [0.05, 0.1) is 11.7 Å². The van der Waals surface area contributed by atoms with Crippen molar-refractivity contribution in [2.45, 2.75) is 37.8 Å². The molecule has 2 aromatic rings. The van der Waals surface area contributed by atoms with E-state index in [0.29, 0.717) is 12.1 Å². The van der Waals surface area contributed by atoms with Crippen molar-refractivity contribution < 1.29 is 4.74 Å². The highest BCUT2D eigenvalue weighted by molar-refractivity contribution is 5.48. The van der Waals surface area contributed by atoms with Gasteiger partial charge in [0.25, 0.3) is 0 Å². The van der Waals surface area contributed by atoms with Gasteiger partial charge in [-0.25, -0.2) is 9.97 Å². The molecule has 0 saturated carbocycles. The fraction of sp³-hybridized carbons (Fsp3) is 0.500. The van der Waals surface area contributed by atoms with Gasteiger partial charge in [-0.15, -0.1) is 0 Å². The minimum absolute atomic E-state index is 0.406. The molecular formula is C18H22N4O. The molecule has 2 aliphatic heterocycles. The Labute approximate surface area is 136 Å². The Morgan fingerprint density at radius 1 is 1.00 bits per heavy atom. The van der Waals surface area contributed by atoms with Gasteiger partial charge >= 0.3 is 0 Å². The lowest BCUT2D eigenvalue weighted by molar-refractivity contribution is 0.0285. The maximum atomic E-state index is 5.52. The van der Waals surface area contributed by atoms with Crippen LogP contribution in [0.2, 0.25) is 0 Å². The number of aromatic nitrogens is 3. The molecule has 1 unspecified atom stereocenters. The quantitative estimate of drug-likeness (QED) is 0.872. The highest BCUT2D eigenvalue weighted by Gasteiger charge is 2.33. The van der Waals surface area contributed by atoms with Crippen molar-refractivity contribution in [1.82, 2.24) is 19.9 Å². The summed E-state index contributed by atoms with van der Waals surface area (Å²) in [4.78, 5) is 16.2. The molecule has 2 aliphatic rings. The lowest BCUT2D eigenvalue weighted by Crippen LogP contribution is -2.39. The molecule has 23 heavy (non-hydrogen) atoms. The molecule has 5 nitrogen and oxygen atoms in total. The van der Waals surface area contributed by atoms with E-state index in [1.54, 1.807) is 6.20 Å². The van der Waals surface area contributed by atoms with Gasteiger partial charge in [0.1, 0.15) is 5.69 Å². The molecule has 0 spiro atoms. The molecule has 2 aromatic heterocycles. The zero-order chi connectivity index (χ0) is 15.5. The van der Waals surface area contributed by atoms with Gasteiger partial charge in [-0.2, -0.15) is 0 Å². The minimum atomic E-state index is 0.406. The first kappa shape index (κ1) is 14.7. The Hall–Kier alpha value is -1.85. The lowest BCUT2D eigenvalue weighted by Gasteiger charge is -2.35. The number of likely N-dealkylation sites (tertiary alicyclic amines) is 1. The standard InChI is InChI=1S/C18H22N4O/c1-2-9-19-16(4-1)18-20-10-6-15(21-18)17-5-3-11-22(17)14-7-12-23-13-8-14/h1-2,4,6,9-10,14,17H,3,5,7-8,11-13H2. The van der Waals surface area contributed by atoms with Crippen molar-refractivity contribution in [3.8, 4) is 11.5 Å². The summed E-state index contributed by atoms with van der Waals surface area (Å²) in [5.74, 6) is 0.724. The molecule has 2 fully saturated rings. The summed E-state index contributed by atoms with van der Waals surface area (Å²) in [6.45, 7) is 2.94. The molecule has 4 heterocycles. The summed E-state index contributed by atoms with van der Waals surface area (Å²) < 4.78 is 5.52. The molecule has 0 radical (unpaired) electrons. The normalized spacial score (nSPS) is 23.2. The van der Waals surface area contributed by atoms with E-state index >= 15 is 0 Å². The molecule has 1 atom stereocenters. The Bertz CT molecular complexity index is 642. The third kappa shape index (κ3) is 3.12. The predicted octanol–water partition coefficient (Wildman–Crippen LogP) is 2.85. The number of ether oxygens (including phenoxy) is 1. The maximum Gasteiger partial charge on any atom is 0.178 e. The van der Waals surface area contributed by atoms with Crippen molar-refractivity contribution in [2.75, 3.05) is 19.8 Å².